The van der Waals surface area contributed by atoms with Crippen molar-refractivity contribution in [2.45, 2.75) is 44.3 Å². The Morgan fingerprint density at radius 2 is 2.26 bits per heavy atom. The summed E-state index contributed by atoms with van der Waals surface area (Å²) in [5, 5.41) is 4.39. The highest BCUT2D eigenvalue weighted by Gasteiger charge is 2.05. The van der Waals surface area contributed by atoms with E-state index in [1.165, 1.54) is 24.8 Å². The number of imidazole rings is 1. The van der Waals surface area contributed by atoms with Crippen LogP contribution in [0.25, 0.3) is 11.0 Å². The molecule has 104 valence electrons. The third-order valence-corrected chi connectivity index (χ3v) is 4.41. The number of benzene rings is 1. The van der Waals surface area contributed by atoms with Crippen LogP contribution in [0.5, 0.6) is 0 Å². The quantitative estimate of drug-likeness (QED) is 0.598. The summed E-state index contributed by atoms with van der Waals surface area (Å²) >= 11 is 1.82. The fourth-order valence-corrected chi connectivity index (χ4v) is 3.07. The number of aromatic amines is 1. The van der Waals surface area contributed by atoms with Gasteiger partial charge in [-0.25, -0.2) is 4.98 Å². The lowest BCUT2D eigenvalue weighted by molar-refractivity contribution is 0.504. The first kappa shape index (κ1) is 14.4. The van der Waals surface area contributed by atoms with E-state index in [4.69, 9.17) is 0 Å². The fourth-order valence-electron chi connectivity index (χ4n) is 2.22. The Kier molecular flexibility index (Phi) is 5.28. The smallest absolute Gasteiger partial charge is 0.166 e. The van der Waals surface area contributed by atoms with E-state index in [1.807, 2.05) is 18.8 Å². The summed E-state index contributed by atoms with van der Waals surface area (Å²) in [5.41, 5.74) is 3.48. The van der Waals surface area contributed by atoms with Gasteiger partial charge in [0.15, 0.2) is 5.16 Å². The van der Waals surface area contributed by atoms with Gasteiger partial charge in [0.1, 0.15) is 0 Å². The van der Waals surface area contributed by atoms with Crippen molar-refractivity contribution in [1.82, 2.24) is 15.3 Å². The molecular formula is C15H23N3S. The Morgan fingerprint density at radius 1 is 1.42 bits per heavy atom. The van der Waals surface area contributed by atoms with Crippen molar-refractivity contribution in [3.63, 3.8) is 0 Å². The summed E-state index contributed by atoms with van der Waals surface area (Å²) in [5.74, 6) is 1.12. The Morgan fingerprint density at radius 3 is 3.00 bits per heavy atom. The van der Waals surface area contributed by atoms with Crippen LogP contribution in [-0.2, 0) is 0 Å². The van der Waals surface area contributed by atoms with Crippen LogP contribution in [0.4, 0.5) is 0 Å². The summed E-state index contributed by atoms with van der Waals surface area (Å²) in [6.45, 7) is 4.34. The van der Waals surface area contributed by atoms with Crippen LogP contribution < -0.4 is 5.32 Å². The molecule has 1 heterocycles. The standard InChI is InChI=1S/C15H23N3S/c1-4-12(16-3)6-5-9-19-15-17-13-8-7-11(2)10-14(13)18-15/h7-8,10,12,16H,4-6,9H2,1-3H3,(H,17,18). The number of hydrogen-bond donors (Lipinski definition) is 2. The number of rotatable bonds is 7. The molecule has 0 amide bonds. The third kappa shape index (κ3) is 3.98. The molecule has 1 unspecified atom stereocenters. The minimum atomic E-state index is 0.652. The monoisotopic (exact) mass is 277 g/mol. The number of fused-ring (bicyclic) bond motifs is 1. The zero-order chi connectivity index (χ0) is 13.7. The molecule has 19 heavy (non-hydrogen) atoms. The van der Waals surface area contributed by atoms with Gasteiger partial charge >= 0.3 is 0 Å². The molecule has 0 aliphatic rings. The predicted molar refractivity (Wildman–Crippen MR) is 83.9 cm³/mol. The Hall–Kier alpha value is -1.00. The maximum atomic E-state index is 4.60. The van der Waals surface area contributed by atoms with Crippen LogP contribution in [0.3, 0.4) is 0 Å². The average molecular weight is 277 g/mol. The second-order valence-electron chi connectivity index (χ2n) is 4.95. The van der Waals surface area contributed by atoms with Gasteiger partial charge in [0, 0.05) is 11.8 Å². The summed E-state index contributed by atoms with van der Waals surface area (Å²) in [7, 11) is 2.04. The van der Waals surface area contributed by atoms with E-state index >= 15 is 0 Å². The SMILES string of the molecule is CCC(CCCSc1nc2ccc(C)cc2[nH]1)NC. The van der Waals surface area contributed by atoms with Crippen molar-refractivity contribution < 1.29 is 0 Å². The van der Waals surface area contributed by atoms with Crippen LogP contribution in [0.15, 0.2) is 23.4 Å². The Balaban J connectivity index is 1.84. The summed E-state index contributed by atoms with van der Waals surface area (Å²) < 4.78 is 0. The van der Waals surface area contributed by atoms with Gasteiger partial charge in [-0.15, -0.1) is 0 Å². The number of aromatic nitrogens is 2. The van der Waals surface area contributed by atoms with Crippen molar-refractivity contribution in [1.29, 1.82) is 0 Å². The number of aryl methyl sites for hydroxylation is 1. The lowest BCUT2D eigenvalue weighted by Crippen LogP contribution is -2.23. The van der Waals surface area contributed by atoms with Crippen molar-refractivity contribution in [3.05, 3.63) is 23.8 Å². The van der Waals surface area contributed by atoms with E-state index in [-0.39, 0.29) is 0 Å². The molecular weight excluding hydrogens is 254 g/mol. The van der Waals surface area contributed by atoms with Crippen LogP contribution in [0, 0.1) is 6.92 Å². The van der Waals surface area contributed by atoms with E-state index in [2.05, 4.69) is 47.3 Å². The van der Waals surface area contributed by atoms with Gasteiger partial charge in [0.05, 0.1) is 11.0 Å². The van der Waals surface area contributed by atoms with Crippen molar-refractivity contribution >= 4 is 22.8 Å². The number of nitrogens with zero attached hydrogens (tertiary/aromatic N) is 1. The molecule has 0 aliphatic carbocycles. The number of thioether (sulfide) groups is 1. The van der Waals surface area contributed by atoms with Gasteiger partial charge in [-0.05, 0) is 50.9 Å². The first-order valence-electron chi connectivity index (χ1n) is 6.99. The minimum Gasteiger partial charge on any atom is -0.333 e. The molecule has 0 radical (unpaired) electrons. The second-order valence-corrected chi connectivity index (χ2v) is 6.03. The highest BCUT2D eigenvalue weighted by atomic mass is 32.2. The molecule has 0 saturated carbocycles. The van der Waals surface area contributed by atoms with E-state index in [0.29, 0.717) is 6.04 Å². The normalized spacial score (nSPS) is 13.0. The molecule has 2 aromatic rings. The molecule has 0 aliphatic heterocycles. The van der Waals surface area contributed by atoms with Gasteiger partial charge < -0.3 is 10.3 Å². The molecule has 0 bridgehead atoms. The van der Waals surface area contributed by atoms with Crippen LogP contribution in [-0.4, -0.2) is 28.8 Å². The maximum absolute atomic E-state index is 4.60. The average Bonchev–Trinajstić information content (AvgIpc) is 2.80. The number of hydrogen-bond acceptors (Lipinski definition) is 3. The van der Waals surface area contributed by atoms with Gasteiger partial charge in [-0.3, -0.25) is 0 Å². The van der Waals surface area contributed by atoms with Gasteiger partial charge in [0.25, 0.3) is 0 Å². The molecule has 1 aromatic heterocycles. The molecule has 0 saturated heterocycles. The molecule has 1 atom stereocenters. The van der Waals surface area contributed by atoms with Crippen molar-refractivity contribution in [2.24, 2.45) is 0 Å². The lowest BCUT2D eigenvalue weighted by Gasteiger charge is -2.12. The zero-order valence-electron chi connectivity index (χ0n) is 12.0. The molecule has 0 fully saturated rings. The molecule has 1 aromatic carbocycles. The van der Waals surface area contributed by atoms with E-state index in [0.717, 1.165) is 21.9 Å². The topological polar surface area (TPSA) is 40.7 Å². The number of nitrogens with one attached hydrogen (secondary N) is 2. The van der Waals surface area contributed by atoms with E-state index in [1.54, 1.807) is 0 Å². The summed E-state index contributed by atoms with van der Waals surface area (Å²) in [4.78, 5) is 7.99. The summed E-state index contributed by atoms with van der Waals surface area (Å²) in [6, 6.07) is 7.00. The molecule has 2 rings (SSSR count). The minimum absolute atomic E-state index is 0.652. The molecule has 4 heteroatoms. The highest BCUT2D eigenvalue weighted by Crippen LogP contribution is 2.21. The van der Waals surface area contributed by atoms with Crippen LogP contribution in [0.2, 0.25) is 0 Å². The van der Waals surface area contributed by atoms with E-state index in [9.17, 15) is 0 Å². The Bertz CT molecular complexity index is 517. The third-order valence-electron chi connectivity index (χ3n) is 3.45. The van der Waals surface area contributed by atoms with E-state index < -0.39 is 0 Å². The maximum Gasteiger partial charge on any atom is 0.166 e. The highest BCUT2D eigenvalue weighted by molar-refractivity contribution is 7.99. The first-order chi connectivity index (χ1) is 9.22. The largest absolute Gasteiger partial charge is 0.333 e. The predicted octanol–water partition coefficient (Wildman–Crippen LogP) is 3.74. The first-order valence-corrected chi connectivity index (χ1v) is 7.98. The summed E-state index contributed by atoms with van der Waals surface area (Å²) in [6.07, 6.45) is 3.66. The number of H-pyrrole nitrogens is 1. The Labute approximate surface area is 119 Å². The fraction of sp³-hybridized carbons (Fsp3) is 0.533. The van der Waals surface area contributed by atoms with Crippen molar-refractivity contribution in [3.8, 4) is 0 Å². The van der Waals surface area contributed by atoms with Gasteiger partial charge in [-0.2, -0.15) is 0 Å². The van der Waals surface area contributed by atoms with Crippen molar-refractivity contribution in [2.75, 3.05) is 12.8 Å². The van der Waals surface area contributed by atoms with Gasteiger partial charge in [0.2, 0.25) is 0 Å². The van der Waals surface area contributed by atoms with Crippen LogP contribution >= 0.6 is 11.8 Å². The lowest BCUT2D eigenvalue weighted by atomic mass is 10.1. The second kappa shape index (κ2) is 6.96. The van der Waals surface area contributed by atoms with Crippen LogP contribution in [0.1, 0.15) is 31.7 Å². The molecule has 2 N–H and O–H groups in total. The molecule has 3 nitrogen and oxygen atoms in total. The zero-order valence-corrected chi connectivity index (χ0v) is 12.8. The molecule has 0 spiro atoms. The van der Waals surface area contributed by atoms with Gasteiger partial charge in [-0.1, -0.05) is 24.8 Å².